The summed E-state index contributed by atoms with van der Waals surface area (Å²) < 4.78 is 5.94. The minimum atomic E-state index is -0.349. The summed E-state index contributed by atoms with van der Waals surface area (Å²) in [6, 6.07) is 17.7. The van der Waals surface area contributed by atoms with E-state index in [0.717, 1.165) is 22.7 Å². The van der Waals surface area contributed by atoms with Crippen molar-refractivity contribution in [1.29, 1.82) is 0 Å². The summed E-state index contributed by atoms with van der Waals surface area (Å²) in [6.45, 7) is 4.29. The summed E-state index contributed by atoms with van der Waals surface area (Å²) in [7, 11) is 0. The van der Waals surface area contributed by atoms with Gasteiger partial charge in [-0.3, -0.25) is 10.1 Å². The first-order chi connectivity index (χ1) is 14.0. The van der Waals surface area contributed by atoms with Crippen molar-refractivity contribution < 1.29 is 4.79 Å². The Morgan fingerprint density at radius 3 is 2.55 bits per heavy atom. The van der Waals surface area contributed by atoms with E-state index in [0.29, 0.717) is 33.9 Å². The van der Waals surface area contributed by atoms with Gasteiger partial charge < -0.3 is 0 Å². The summed E-state index contributed by atoms with van der Waals surface area (Å²) >= 11 is 7.61. The van der Waals surface area contributed by atoms with Crippen molar-refractivity contribution in [3.63, 3.8) is 0 Å². The van der Waals surface area contributed by atoms with E-state index in [-0.39, 0.29) is 5.91 Å². The highest BCUT2D eigenvalue weighted by Crippen LogP contribution is 2.25. The topological polar surface area (TPSA) is 72.7 Å². The number of halogens is 1. The molecule has 1 amide bonds. The minimum Gasteiger partial charge on any atom is -0.296 e. The van der Waals surface area contributed by atoms with Crippen LogP contribution >= 0.6 is 23.1 Å². The number of aromatic nitrogens is 4. The van der Waals surface area contributed by atoms with Crippen LogP contribution in [0.25, 0.3) is 11.4 Å². The summed E-state index contributed by atoms with van der Waals surface area (Å²) in [5.41, 5.74) is 4.04. The highest BCUT2D eigenvalue weighted by atomic mass is 35.5. The third-order valence-corrected chi connectivity index (χ3v) is 5.44. The second-order valence-corrected chi connectivity index (χ2v) is 7.75. The van der Waals surface area contributed by atoms with Crippen molar-refractivity contribution in [1.82, 2.24) is 19.1 Å². The van der Waals surface area contributed by atoms with E-state index in [4.69, 9.17) is 11.6 Å². The summed E-state index contributed by atoms with van der Waals surface area (Å²) in [5.74, 6) is 0.224. The molecule has 2 heterocycles. The third-order valence-electron chi connectivity index (χ3n) is 4.42. The Balaban J connectivity index is 1.52. The number of rotatable bonds is 5. The lowest BCUT2D eigenvalue weighted by atomic mass is 10.1. The van der Waals surface area contributed by atoms with Crippen molar-refractivity contribution >= 4 is 34.2 Å². The fourth-order valence-electron chi connectivity index (χ4n) is 2.92. The number of nitrogens with one attached hydrogen (secondary N) is 1. The van der Waals surface area contributed by atoms with Crippen LogP contribution in [0.5, 0.6) is 0 Å². The smallest absolute Gasteiger partial charge is 0.262 e. The molecule has 0 unspecified atom stereocenters. The molecule has 0 saturated heterocycles. The van der Waals surface area contributed by atoms with E-state index in [1.165, 1.54) is 5.56 Å². The monoisotopic (exact) mass is 423 g/mol. The number of nitrogens with zero attached hydrogens (tertiary/aromatic N) is 4. The number of carbonyl (C=O) groups excluding carboxylic acids is 1. The highest BCUT2D eigenvalue weighted by Gasteiger charge is 2.22. The Hall–Kier alpha value is -3.03. The largest absolute Gasteiger partial charge is 0.296 e. The molecule has 0 aliphatic rings. The molecule has 29 heavy (non-hydrogen) atoms. The van der Waals surface area contributed by atoms with Crippen molar-refractivity contribution in [2.24, 2.45) is 0 Å². The zero-order chi connectivity index (χ0) is 20.4. The predicted molar refractivity (Wildman–Crippen MR) is 116 cm³/mol. The number of amides is 1. The van der Waals surface area contributed by atoms with E-state index >= 15 is 0 Å². The van der Waals surface area contributed by atoms with Crippen LogP contribution in [0.2, 0.25) is 5.15 Å². The Morgan fingerprint density at radius 2 is 1.83 bits per heavy atom. The summed E-state index contributed by atoms with van der Waals surface area (Å²) in [4.78, 5) is 17.2. The van der Waals surface area contributed by atoms with Crippen LogP contribution in [0, 0.1) is 13.8 Å². The van der Waals surface area contributed by atoms with Gasteiger partial charge in [-0.1, -0.05) is 71.8 Å². The number of anilines is 1. The zero-order valence-corrected chi connectivity index (χ0v) is 17.5. The van der Waals surface area contributed by atoms with Crippen LogP contribution < -0.4 is 5.32 Å². The molecule has 146 valence electrons. The molecule has 0 radical (unpaired) electrons. The van der Waals surface area contributed by atoms with Gasteiger partial charge in [0.05, 0.1) is 17.8 Å². The third kappa shape index (κ3) is 4.21. The van der Waals surface area contributed by atoms with Crippen molar-refractivity contribution in [2.45, 2.75) is 20.4 Å². The van der Waals surface area contributed by atoms with Gasteiger partial charge in [-0.25, -0.2) is 4.68 Å². The first-order valence-electron chi connectivity index (χ1n) is 9.00. The molecule has 0 spiro atoms. The van der Waals surface area contributed by atoms with Gasteiger partial charge in [0.1, 0.15) is 5.15 Å². The van der Waals surface area contributed by atoms with Gasteiger partial charge in [0.15, 0.2) is 5.82 Å². The number of benzene rings is 2. The lowest BCUT2D eigenvalue weighted by molar-refractivity contribution is 0.102. The Kier molecular flexibility index (Phi) is 5.42. The molecule has 0 atom stereocenters. The predicted octanol–water partition coefficient (Wildman–Crippen LogP) is 4.97. The van der Waals surface area contributed by atoms with Gasteiger partial charge in [-0.15, -0.1) is 0 Å². The number of hydrogen-bond acceptors (Lipinski definition) is 5. The zero-order valence-electron chi connectivity index (χ0n) is 15.9. The molecule has 0 fully saturated rings. The minimum absolute atomic E-state index is 0.299. The maximum Gasteiger partial charge on any atom is 0.262 e. The van der Waals surface area contributed by atoms with Crippen LogP contribution in [0.15, 0.2) is 54.6 Å². The molecule has 4 aromatic rings. The van der Waals surface area contributed by atoms with Gasteiger partial charge in [-0.2, -0.15) is 14.5 Å². The molecule has 0 aliphatic heterocycles. The molecule has 1 N–H and O–H groups in total. The molecule has 2 aromatic heterocycles. The van der Waals surface area contributed by atoms with Crippen LogP contribution in [0.4, 0.5) is 5.13 Å². The van der Waals surface area contributed by atoms with E-state index in [1.807, 2.05) is 61.5 Å². The second-order valence-electron chi connectivity index (χ2n) is 6.64. The lowest BCUT2D eigenvalue weighted by Crippen LogP contribution is -2.13. The van der Waals surface area contributed by atoms with E-state index in [1.54, 1.807) is 11.6 Å². The van der Waals surface area contributed by atoms with Crippen LogP contribution in [-0.2, 0) is 6.54 Å². The van der Waals surface area contributed by atoms with E-state index in [9.17, 15) is 4.79 Å². The number of carbonyl (C=O) groups is 1. The van der Waals surface area contributed by atoms with Gasteiger partial charge in [0.25, 0.3) is 5.91 Å². The molecule has 2 aromatic carbocycles. The molecule has 8 heteroatoms. The molecular weight excluding hydrogens is 406 g/mol. The number of hydrogen-bond donors (Lipinski definition) is 1. The van der Waals surface area contributed by atoms with Gasteiger partial charge in [-0.05, 0) is 19.4 Å². The average molecular weight is 424 g/mol. The quantitative estimate of drug-likeness (QED) is 0.491. The molecule has 0 saturated carbocycles. The van der Waals surface area contributed by atoms with Crippen molar-refractivity contribution in [3.8, 4) is 11.4 Å². The van der Waals surface area contributed by atoms with Crippen molar-refractivity contribution in [2.75, 3.05) is 5.32 Å². The fraction of sp³-hybridized carbons (Fsp3) is 0.143. The van der Waals surface area contributed by atoms with E-state index < -0.39 is 0 Å². The first kappa shape index (κ1) is 19.3. The van der Waals surface area contributed by atoms with Crippen LogP contribution in [-0.4, -0.2) is 25.0 Å². The first-order valence-corrected chi connectivity index (χ1v) is 10.2. The standard InChI is InChI=1S/C21H18ClN5OS/c1-13-8-10-15(11-9-13)12-27-18(22)17(14(2)25-27)20(28)24-21-23-19(26-29-21)16-6-4-3-5-7-16/h3-11H,12H2,1-2H3,(H,23,24,26,28). The van der Waals surface area contributed by atoms with Crippen molar-refractivity contribution in [3.05, 3.63) is 82.1 Å². The average Bonchev–Trinajstić information content (AvgIpc) is 3.28. The SMILES string of the molecule is Cc1ccc(Cn2nc(C)c(C(=O)Nc3nc(-c4ccccc4)ns3)c2Cl)cc1. The molecule has 4 rings (SSSR count). The van der Waals surface area contributed by atoms with Crippen LogP contribution in [0.3, 0.4) is 0 Å². The normalized spacial score (nSPS) is 10.9. The van der Waals surface area contributed by atoms with E-state index in [2.05, 4.69) is 19.8 Å². The van der Waals surface area contributed by atoms with Gasteiger partial charge in [0.2, 0.25) is 5.13 Å². The second kappa shape index (κ2) is 8.14. The van der Waals surface area contributed by atoms with Crippen LogP contribution in [0.1, 0.15) is 27.2 Å². The molecule has 0 bridgehead atoms. The summed E-state index contributed by atoms with van der Waals surface area (Å²) in [5, 5.41) is 7.93. The van der Waals surface area contributed by atoms with Gasteiger partial charge >= 0.3 is 0 Å². The van der Waals surface area contributed by atoms with Gasteiger partial charge in [0, 0.05) is 17.1 Å². The maximum absolute atomic E-state index is 12.8. The molecule has 6 nitrogen and oxygen atoms in total. The number of aryl methyl sites for hydroxylation is 2. The lowest BCUT2D eigenvalue weighted by Gasteiger charge is -2.05. The Bertz CT molecular complexity index is 1150. The highest BCUT2D eigenvalue weighted by molar-refractivity contribution is 7.10. The summed E-state index contributed by atoms with van der Waals surface area (Å²) in [6.07, 6.45) is 0. The Morgan fingerprint density at radius 1 is 1.10 bits per heavy atom. The molecule has 0 aliphatic carbocycles. The molecular formula is C21H18ClN5OS. The Labute approximate surface area is 177 Å². The fourth-order valence-corrected chi connectivity index (χ4v) is 3.83. The maximum atomic E-state index is 12.8.